The van der Waals surface area contributed by atoms with E-state index in [1.54, 1.807) is 6.92 Å². The number of ether oxygens (including phenoxy) is 2. The number of hydrogen-bond acceptors (Lipinski definition) is 7. The van der Waals surface area contributed by atoms with Gasteiger partial charge >= 0.3 is 5.97 Å². The van der Waals surface area contributed by atoms with E-state index < -0.39 is 51.7 Å². The van der Waals surface area contributed by atoms with Crippen LogP contribution in [0.15, 0.2) is 12.2 Å². The molecule has 0 spiro atoms. The van der Waals surface area contributed by atoms with Gasteiger partial charge < -0.3 is 14.8 Å². The molecule has 9 heteroatoms. The molecule has 0 saturated carbocycles. The van der Waals surface area contributed by atoms with Gasteiger partial charge in [-0.25, -0.2) is 0 Å². The van der Waals surface area contributed by atoms with Crippen molar-refractivity contribution in [3.8, 4) is 0 Å². The van der Waals surface area contributed by atoms with Gasteiger partial charge in [0.25, 0.3) is 10.1 Å². The van der Waals surface area contributed by atoms with Crippen LogP contribution in [-0.2, 0) is 33.4 Å². The molecule has 8 nitrogen and oxygen atoms in total. The van der Waals surface area contributed by atoms with Crippen LogP contribution in [0, 0.1) is 5.92 Å². The van der Waals surface area contributed by atoms with E-state index >= 15 is 0 Å². The maximum absolute atomic E-state index is 12.0. The highest BCUT2D eigenvalue weighted by atomic mass is 32.2. The summed E-state index contributed by atoms with van der Waals surface area (Å²) >= 11 is 0. The molecule has 3 aliphatic heterocycles. The highest BCUT2D eigenvalue weighted by Gasteiger charge is 2.70. The van der Waals surface area contributed by atoms with E-state index in [-0.39, 0.29) is 18.0 Å². The van der Waals surface area contributed by atoms with E-state index in [4.69, 9.17) is 13.7 Å². The van der Waals surface area contributed by atoms with Crippen LogP contribution in [0.5, 0.6) is 0 Å². The van der Waals surface area contributed by atoms with Crippen molar-refractivity contribution in [1.82, 2.24) is 5.32 Å². The van der Waals surface area contributed by atoms with Gasteiger partial charge in [-0.2, -0.15) is 8.42 Å². The summed E-state index contributed by atoms with van der Waals surface area (Å²) in [6.07, 6.45) is -2.50. The Bertz CT molecular complexity index is 643. The highest BCUT2D eigenvalue weighted by Crippen LogP contribution is 2.50. The molecule has 0 radical (unpaired) electrons. The average Bonchev–Trinajstić information content (AvgIpc) is 2.99. The van der Waals surface area contributed by atoms with Gasteiger partial charge in [-0.3, -0.25) is 13.8 Å². The number of rotatable bonds is 4. The molecule has 0 aliphatic carbocycles. The molecule has 1 N–H and O–H groups in total. The monoisotopic (exact) mass is 331 g/mol. The second kappa shape index (κ2) is 5.04. The minimum atomic E-state index is -3.81. The third-order valence-corrected chi connectivity index (χ3v) is 5.97. The van der Waals surface area contributed by atoms with Gasteiger partial charge in [0, 0.05) is 11.5 Å². The molecule has 3 rings (SSSR count). The van der Waals surface area contributed by atoms with Crippen LogP contribution in [0.3, 0.4) is 0 Å². The van der Waals surface area contributed by atoms with Crippen molar-refractivity contribution in [2.75, 3.05) is 6.54 Å². The molecule has 22 heavy (non-hydrogen) atoms. The number of amides is 1. The second-order valence-electron chi connectivity index (χ2n) is 5.86. The minimum Gasteiger partial charge on any atom is -0.457 e. The summed E-state index contributed by atoms with van der Waals surface area (Å²) in [6.45, 7) is 6.40. The number of fused-ring (bicyclic) bond motifs is 1. The lowest BCUT2D eigenvalue weighted by atomic mass is 9.86. The van der Waals surface area contributed by atoms with Gasteiger partial charge in [0.1, 0.15) is 24.9 Å². The second-order valence-corrected chi connectivity index (χ2v) is 7.58. The minimum absolute atomic E-state index is 0.179. The van der Waals surface area contributed by atoms with Gasteiger partial charge in [0.15, 0.2) is 11.4 Å². The summed E-state index contributed by atoms with van der Waals surface area (Å²) in [4.78, 5) is 23.2. The molecule has 3 aliphatic rings. The van der Waals surface area contributed by atoms with E-state index in [1.807, 2.05) is 0 Å². The molecule has 122 valence electrons. The van der Waals surface area contributed by atoms with Crippen molar-refractivity contribution >= 4 is 22.0 Å². The van der Waals surface area contributed by atoms with Crippen LogP contribution >= 0.6 is 0 Å². The largest absolute Gasteiger partial charge is 0.457 e. The number of esters is 1. The molecule has 1 amide bonds. The molecular weight excluding hydrogens is 314 g/mol. The smallest absolute Gasteiger partial charge is 0.325 e. The first kappa shape index (κ1) is 15.4. The predicted octanol–water partition coefficient (Wildman–Crippen LogP) is -0.895. The van der Waals surface area contributed by atoms with E-state index in [0.29, 0.717) is 0 Å². The van der Waals surface area contributed by atoms with E-state index in [1.165, 1.54) is 6.92 Å². The Morgan fingerprint density at radius 1 is 1.27 bits per heavy atom. The van der Waals surface area contributed by atoms with E-state index in [2.05, 4.69) is 11.9 Å². The van der Waals surface area contributed by atoms with Crippen LogP contribution < -0.4 is 5.32 Å². The quantitative estimate of drug-likeness (QED) is 0.404. The third kappa shape index (κ3) is 2.24. The van der Waals surface area contributed by atoms with E-state index in [0.717, 1.165) is 0 Å². The Hall–Kier alpha value is -1.45. The zero-order chi connectivity index (χ0) is 16.2. The van der Waals surface area contributed by atoms with Crippen molar-refractivity contribution in [3.05, 3.63) is 12.2 Å². The maximum atomic E-state index is 12.0. The first-order valence-corrected chi connectivity index (χ1v) is 8.40. The van der Waals surface area contributed by atoms with Crippen molar-refractivity contribution in [1.29, 1.82) is 0 Å². The molecule has 6 atom stereocenters. The summed E-state index contributed by atoms with van der Waals surface area (Å²) in [7, 11) is -3.81. The predicted molar refractivity (Wildman–Crippen MR) is 73.1 cm³/mol. The fraction of sp³-hybridized carbons (Fsp3) is 0.692. The Morgan fingerprint density at radius 3 is 2.59 bits per heavy atom. The average molecular weight is 331 g/mol. The summed E-state index contributed by atoms with van der Waals surface area (Å²) < 4.78 is 39.9. The normalized spacial score (nSPS) is 40.5. The lowest BCUT2D eigenvalue weighted by Crippen LogP contribution is -2.47. The summed E-state index contributed by atoms with van der Waals surface area (Å²) in [5, 5.41) is 1.35. The lowest BCUT2D eigenvalue weighted by Gasteiger charge is -2.25. The Labute approximate surface area is 127 Å². The van der Waals surface area contributed by atoms with E-state index in [9.17, 15) is 18.0 Å². The number of hydrogen-bond donors (Lipinski definition) is 1. The van der Waals surface area contributed by atoms with Gasteiger partial charge in [0.05, 0.1) is 0 Å². The molecule has 0 aromatic rings. The van der Waals surface area contributed by atoms with Gasteiger partial charge in [-0.05, 0) is 6.92 Å². The number of carbonyl (C=O) groups excluding carboxylic acids is 2. The molecule has 0 aromatic carbocycles. The van der Waals surface area contributed by atoms with Crippen LogP contribution in [-0.4, -0.2) is 56.5 Å². The van der Waals surface area contributed by atoms with Crippen molar-refractivity contribution in [3.63, 3.8) is 0 Å². The molecular formula is C13H17NO7S. The Morgan fingerprint density at radius 2 is 1.95 bits per heavy atom. The van der Waals surface area contributed by atoms with Crippen molar-refractivity contribution in [2.45, 2.75) is 43.5 Å². The first-order chi connectivity index (χ1) is 10.2. The molecule has 0 aromatic heterocycles. The van der Waals surface area contributed by atoms with Gasteiger partial charge in [0.2, 0.25) is 5.91 Å². The highest BCUT2D eigenvalue weighted by molar-refractivity contribution is 7.87. The van der Waals surface area contributed by atoms with Crippen LogP contribution in [0.2, 0.25) is 0 Å². The number of carbonyl (C=O) groups is 2. The molecule has 4 unspecified atom stereocenters. The molecule has 2 bridgehead atoms. The van der Waals surface area contributed by atoms with Crippen molar-refractivity contribution < 1.29 is 31.7 Å². The first-order valence-electron chi connectivity index (χ1n) is 6.93. The van der Waals surface area contributed by atoms with Gasteiger partial charge in [-0.15, -0.1) is 0 Å². The molecule has 3 saturated heterocycles. The Balaban J connectivity index is 1.67. The molecule has 3 fully saturated rings. The summed E-state index contributed by atoms with van der Waals surface area (Å²) in [5.74, 6) is -1.37. The summed E-state index contributed by atoms with van der Waals surface area (Å²) in [5.41, 5.74) is 0.263. The van der Waals surface area contributed by atoms with Crippen LogP contribution in [0.4, 0.5) is 0 Å². The fourth-order valence-corrected chi connectivity index (χ4v) is 5.01. The number of nitrogens with one attached hydrogen (secondary N) is 1. The zero-order valence-corrected chi connectivity index (χ0v) is 13.0. The topological polar surface area (TPSA) is 108 Å². The van der Waals surface area contributed by atoms with Crippen LogP contribution in [0.1, 0.15) is 13.8 Å². The third-order valence-electron chi connectivity index (χ3n) is 4.27. The van der Waals surface area contributed by atoms with Gasteiger partial charge in [-0.1, -0.05) is 13.5 Å². The van der Waals surface area contributed by atoms with Crippen LogP contribution in [0.25, 0.3) is 0 Å². The van der Waals surface area contributed by atoms with Crippen molar-refractivity contribution in [2.24, 2.45) is 5.92 Å². The maximum Gasteiger partial charge on any atom is 0.325 e. The fourth-order valence-electron chi connectivity index (χ4n) is 3.20. The molecule has 3 heterocycles. The lowest BCUT2D eigenvalue weighted by molar-refractivity contribution is -0.151. The standard InChI is InChI=1S/C13H17NO7S/c1-5(2)13(16)14-4-7(15)19-10-8-6(3)9-11(20-8)12(10)22(17,18)21-9/h6,8-12H,1,4H2,2-3H3,(H,14,16)/t6-,8+,9?,10?,11?,12?/m0/s1. The Kier molecular flexibility index (Phi) is 3.54. The summed E-state index contributed by atoms with van der Waals surface area (Å²) in [6, 6.07) is 0. The SMILES string of the molecule is C=C(C)C(=O)NCC(=O)OC1C2C3O[C@@H]1[C@H](C)C3OS2(=O)=O. The zero-order valence-electron chi connectivity index (χ0n) is 12.1.